The van der Waals surface area contributed by atoms with Crippen molar-refractivity contribution in [3.8, 4) is 0 Å². The van der Waals surface area contributed by atoms with Gasteiger partial charge in [-0.25, -0.2) is 0 Å². The second kappa shape index (κ2) is 8.45. The maximum absolute atomic E-state index is 12.5. The summed E-state index contributed by atoms with van der Waals surface area (Å²) >= 11 is 0. The number of ether oxygens (including phenoxy) is 2. The van der Waals surface area contributed by atoms with Gasteiger partial charge in [0.05, 0.1) is 12.7 Å². The number of hydrogen-bond acceptors (Lipinski definition) is 4. The van der Waals surface area contributed by atoms with E-state index in [0.29, 0.717) is 12.6 Å². The van der Waals surface area contributed by atoms with E-state index in [2.05, 4.69) is 4.90 Å². The molecule has 0 aliphatic carbocycles. The van der Waals surface area contributed by atoms with Crippen molar-refractivity contribution in [1.82, 2.24) is 9.80 Å². The molecule has 3 saturated heterocycles. The summed E-state index contributed by atoms with van der Waals surface area (Å²) in [4.78, 5) is 17.2. The van der Waals surface area contributed by atoms with Gasteiger partial charge in [0.2, 0.25) is 0 Å². The van der Waals surface area contributed by atoms with Crippen LogP contribution in [0.5, 0.6) is 0 Å². The molecule has 3 heterocycles. The molecule has 5 nitrogen and oxygen atoms in total. The third-order valence-corrected chi connectivity index (χ3v) is 5.59. The molecule has 3 fully saturated rings. The first kappa shape index (κ1) is 17.2. The third kappa shape index (κ3) is 4.68. The molecule has 23 heavy (non-hydrogen) atoms. The van der Waals surface area contributed by atoms with Crippen LogP contribution in [0.1, 0.15) is 51.9 Å². The molecule has 5 heteroatoms. The molecule has 0 spiro atoms. The van der Waals surface area contributed by atoms with Crippen molar-refractivity contribution >= 4 is 5.91 Å². The Labute approximate surface area is 140 Å². The molecule has 0 saturated carbocycles. The number of piperidine rings is 2. The third-order valence-electron chi connectivity index (χ3n) is 5.59. The van der Waals surface area contributed by atoms with Crippen LogP contribution in [0, 0.1) is 0 Å². The largest absolute Gasteiger partial charge is 0.376 e. The summed E-state index contributed by atoms with van der Waals surface area (Å²) in [5.74, 6) is 0.153. The molecule has 3 aliphatic heterocycles. The SMILES string of the molecule is CC(OCC1CCCO1)C(=O)N1CCC(N2CCCCC2)CC1. The molecule has 0 aromatic rings. The van der Waals surface area contributed by atoms with Crippen molar-refractivity contribution in [2.24, 2.45) is 0 Å². The summed E-state index contributed by atoms with van der Waals surface area (Å²) in [6, 6.07) is 0.683. The minimum atomic E-state index is -0.342. The molecule has 3 aliphatic rings. The predicted molar refractivity (Wildman–Crippen MR) is 89.4 cm³/mol. The molecule has 2 atom stereocenters. The van der Waals surface area contributed by atoms with Crippen LogP contribution in [0.25, 0.3) is 0 Å². The van der Waals surface area contributed by atoms with Crippen LogP contribution in [0.3, 0.4) is 0 Å². The number of likely N-dealkylation sites (tertiary alicyclic amines) is 2. The zero-order valence-corrected chi connectivity index (χ0v) is 14.5. The fraction of sp³-hybridized carbons (Fsp3) is 0.944. The second-order valence-corrected chi connectivity index (χ2v) is 7.26. The van der Waals surface area contributed by atoms with Crippen molar-refractivity contribution in [2.75, 3.05) is 39.4 Å². The number of rotatable bonds is 5. The number of nitrogens with zero attached hydrogens (tertiary/aromatic N) is 2. The van der Waals surface area contributed by atoms with Crippen LogP contribution in [0.4, 0.5) is 0 Å². The lowest BCUT2D eigenvalue weighted by Gasteiger charge is -2.40. The van der Waals surface area contributed by atoms with Gasteiger partial charge in [0.1, 0.15) is 6.10 Å². The smallest absolute Gasteiger partial charge is 0.251 e. The Hall–Kier alpha value is -0.650. The average molecular weight is 324 g/mol. The van der Waals surface area contributed by atoms with Crippen LogP contribution in [0.15, 0.2) is 0 Å². The first-order valence-corrected chi connectivity index (χ1v) is 9.50. The molecule has 1 amide bonds. The molecule has 2 unspecified atom stereocenters. The monoisotopic (exact) mass is 324 g/mol. The van der Waals surface area contributed by atoms with Gasteiger partial charge >= 0.3 is 0 Å². The van der Waals surface area contributed by atoms with Crippen molar-refractivity contribution in [3.63, 3.8) is 0 Å². The fourth-order valence-electron chi connectivity index (χ4n) is 4.09. The summed E-state index contributed by atoms with van der Waals surface area (Å²) in [6.07, 6.45) is 8.31. The van der Waals surface area contributed by atoms with E-state index in [1.165, 1.54) is 32.4 Å². The Morgan fingerprint density at radius 1 is 1.09 bits per heavy atom. The van der Waals surface area contributed by atoms with Gasteiger partial charge in [0.15, 0.2) is 0 Å². The fourth-order valence-corrected chi connectivity index (χ4v) is 4.09. The molecule has 132 valence electrons. The maximum atomic E-state index is 12.5. The molecular formula is C18H32N2O3. The van der Waals surface area contributed by atoms with Gasteiger partial charge in [-0.2, -0.15) is 0 Å². The summed E-state index contributed by atoms with van der Waals surface area (Å²) in [7, 11) is 0. The van der Waals surface area contributed by atoms with E-state index in [1.54, 1.807) is 0 Å². The normalized spacial score (nSPS) is 28.9. The molecule has 0 bridgehead atoms. The molecule has 0 aromatic carbocycles. The van der Waals surface area contributed by atoms with Gasteiger partial charge in [-0.05, 0) is 58.5 Å². The average Bonchev–Trinajstić information content (AvgIpc) is 3.13. The Morgan fingerprint density at radius 3 is 2.48 bits per heavy atom. The number of carbonyl (C=O) groups is 1. The first-order valence-electron chi connectivity index (χ1n) is 9.50. The molecule has 0 aromatic heterocycles. The second-order valence-electron chi connectivity index (χ2n) is 7.26. The van der Waals surface area contributed by atoms with E-state index >= 15 is 0 Å². The summed E-state index contributed by atoms with van der Waals surface area (Å²) in [6.45, 7) is 7.53. The van der Waals surface area contributed by atoms with E-state index in [9.17, 15) is 4.79 Å². The highest BCUT2D eigenvalue weighted by atomic mass is 16.5. The zero-order valence-electron chi connectivity index (χ0n) is 14.5. The van der Waals surface area contributed by atoms with Crippen LogP contribution >= 0.6 is 0 Å². The highest BCUT2D eigenvalue weighted by molar-refractivity contribution is 5.80. The Bertz CT molecular complexity index is 370. The van der Waals surface area contributed by atoms with Gasteiger partial charge in [-0.15, -0.1) is 0 Å². The molecule has 0 radical (unpaired) electrons. The molecule has 3 rings (SSSR count). The quantitative estimate of drug-likeness (QED) is 0.776. The van der Waals surface area contributed by atoms with Crippen LogP contribution in [-0.2, 0) is 14.3 Å². The Balaban J connectivity index is 1.38. The van der Waals surface area contributed by atoms with Crippen LogP contribution in [0.2, 0.25) is 0 Å². The van der Waals surface area contributed by atoms with Crippen molar-refractivity contribution in [1.29, 1.82) is 0 Å². The topological polar surface area (TPSA) is 42.0 Å². The maximum Gasteiger partial charge on any atom is 0.251 e. The van der Waals surface area contributed by atoms with Gasteiger partial charge in [0, 0.05) is 25.7 Å². The predicted octanol–water partition coefficient (Wildman–Crippen LogP) is 2.05. The number of hydrogen-bond donors (Lipinski definition) is 0. The van der Waals surface area contributed by atoms with Gasteiger partial charge in [0.25, 0.3) is 5.91 Å². The summed E-state index contributed by atoms with van der Waals surface area (Å²) in [5.41, 5.74) is 0. The lowest BCUT2D eigenvalue weighted by molar-refractivity contribution is -0.146. The minimum absolute atomic E-state index is 0.153. The standard InChI is InChI=1S/C18H32N2O3/c1-15(23-14-17-6-5-13-22-17)18(21)20-11-7-16(8-12-20)19-9-3-2-4-10-19/h15-17H,2-14H2,1H3. The van der Waals surface area contributed by atoms with E-state index in [1.807, 2.05) is 11.8 Å². The number of carbonyl (C=O) groups excluding carboxylic acids is 1. The van der Waals surface area contributed by atoms with Crippen molar-refractivity contribution < 1.29 is 14.3 Å². The van der Waals surface area contributed by atoms with E-state index in [4.69, 9.17) is 9.47 Å². The highest BCUT2D eigenvalue weighted by Crippen LogP contribution is 2.21. The van der Waals surface area contributed by atoms with Crippen molar-refractivity contribution in [3.05, 3.63) is 0 Å². The van der Waals surface area contributed by atoms with E-state index in [-0.39, 0.29) is 18.1 Å². The molecule has 0 N–H and O–H groups in total. The van der Waals surface area contributed by atoms with Gasteiger partial charge in [-0.1, -0.05) is 6.42 Å². The van der Waals surface area contributed by atoms with Gasteiger partial charge in [-0.3, -0.25) is 4.79 Å². The summed E-state index contributed by atoms with van der Waals surface area (Å²) in [5, 5.41) is 0. The van der Waals surface area contributed by atoms with E-state index < -0.39 is 0 Å². The zero-order chi connectivity index (χ0) is 16.1. The Kier molecular flexibility index (Phi) is 6.31. The van der Waals surface area contributed by atoms with Crippen LogP contribution < -0.4 is 0 Å². The van der Waals surface area contributed by atoms with Crippen LogP contribution in [-0.4, -0.2) is 73.3 Å². The Morgan fingerprint density at radius 2 is 1.83 bits per heavy atom. The number of amides is 1. The van der Waals surface area contributed by atoms with Gasteiger partial charge < -0.3 is 19.3 Å². The lowest BCUT2D eigenvalue weighted by atomic mass is 9.99. The minimum Gasteiger partial charge on any atom is -0.376 e. The molecular weight excluding hydrogens is 292 g/mol. The van der Waals surface area contributed by atoms with Crippen molar-refractivity contribution in [2.45, 2.75) is 70.1 Å². The highest BCUT2D eigenvalue weighted by Gasteiger charge is 2.30. The lowest BCUT2D eigenvalue weighted by Crippen LogP contribution is -2.50. The summed E-state index contributed by atoms with van der Waals surface area (Å²) < 4.78 is 11.3. The van der Waals surface area contributed by atoms with E-state index in [0.717, 1.165) is 45.4 Å². The first-order chi connectivity index (χ1) is 11.2.